The van der Waals surface area contributed by atoms with Crippen LogP contribution in [-0.4, -0.2) is 91.7 Å². The Morgan fingerprint density at radius 2 is 1.78 bits per heavy atom. The van der Waals surface area contributed by atoms with E-state index in [0.717, 1.165) is 37.8 Å². The van der Waals surface area contributed by atoms with Crippen molar-refractivity contribution >= 4 is 21.8 Å². The van der Waals surface area contributed by atoms with Crippen molar-refractivity contribution in [3.63, 3.8) is 0 Å². The lowest BCUT2D eigenvalue weighted by Gasteiger charge is -2.31. The molecule has 3 N–H and O–H groups in total. The molecule has 0 spiro atoms. The van der Waals surface area contributed by atoms with E-state index in [4.69, 9.17) is 6.42 Å². The second kappa shape index (κ2) is 14.3. The van der Waals surface area contributed by atoms with Gasteiger partial charge in [-0.1, -0.05) is 44.2 Å². The number of aliphatic hydroxyl groups excluding tert-OH is 1. The van der Waals surface area contributed by atoms with Crippen LogP contribution in [0.25, 0.3) is 0 Å². The van der Waals surface area contributed by atoms with Crippen molar-refractivity contribution in [2.75, 3.05) is 39.0 Å². The van der Waals surface area contributed by atoms with Gasteiger partial charge in [-0.3, -0.25) is 14.5 Å². The summed E-state index contributed by atoms with van der Waals surface area (Å²) in [5.41, 5.74) is 0.864. The maximum atomic E-state index is 13.2. The maximum absolute atomic E-state index is 13.2. The van der Waals surface area contributed by atoms with Crippen LogP contribution >= 0.6 is 0 Å². The number of nitrogens with one attached hydrogen (secondary N) is 2. The summed E-state index contributed by atoms with van der Waals surface area (Å²) in [7, 11) is -3.57. The molecule has 1 aromatic rings. The number of amides is 2. The number of rotatable bonds is 14. The molecule has 2 rings (SSSR count). The number of sulfonamides is 1. The van der Waals surface area contributed by atoms with E-state index in [1.54, 1.807) is 0 Å². The molecule has 0 radical (unpaired) electrons. The molecular weight excluding hydrogens is 480 g/mol. The highest BCUT2D eigenvalue weighted by Crippen LogP contribution is 2.12. The fourth-order valence-corrected chi connectivity index (χ4v) is 5.23. The Kier molecular flexibility index (Phi) is 11.9. The molecule has 1 fully saturated rings. The highest BCUT2D eigenvalue weighted by atomic mass is 32.2. The number of hydrogen-bond donors (Lipinski definition) is 3. The van der Waals surface area contributed by atoms with Crippen LogP contribution < -0.4 is 10.6 Å². The number of carbonyl (C=O) groups excluding carboxylic acids is 2. The standard InChI is InChI=1S/C26H40N4O5S/c1-5-11-22(27-25(32)19-29-14-9-10-15-29)26(33)28-23(16-21-12-7-6-8-13-21)24(31)18-30(17-20(2)3)36(4,34)35/h1,6-8,12-13,20,22-24,31H,9-11,14-19H2,2-4H3,(H,27,32)(H,28,33)/t22-,23-,24+/m0/s1. The van der Waals surface area contributed by atoms with Crippen LogP contribution in [0.1, 0.15) is 38.7 Å². The van der Waals surface area contributed by atoms with Crippen LogP contribution in [0, 0.1) is 18.3 Å². The zero-order valence-corrected chi connectivity index (χ0v) is 22.3. The molecule has 0 unspecified atom stereocenters. The van der Waals surface area contributed by atoms with Gasteiger partial charge in [0.1, 0.15) is 6.04 Å². The lowest BCUT2D eigenvalue weighted by Crippen LogP contribution is -2.56. The predicted molar refractivity (Wildman–Crippen MR) is 140 cm³/mol. The van der Waals surface area contributed by atoms with E-state index in [1.807, 2.05) is 49.1 Å². The van der Waals surface area contributed by atoms with Crippen LogP contribution in [0.2, 0.25) is 0 Å². The first-order chi connectivity index (χ1) is 17.0. The van der Waals surface area contributed by atoms with Crippen molar-refractivity contribution in [2.45, 2.75) is 57.7 Å². The molecule has 36 heavy (non-hydrogen) atoms. The molecule has 1 aromatic carbocycles. The summed E-state index contributed by atoms with van der Waals surface area (Å²) in [6.07, 6.45) is 7.74. The fourth-order valence-electron chi connectivity index (χ4n) is 4.23. The monoisotopic (exact) mass is 520 g/mol. The maximum Gasteiger partial charge on any atom is 0.243 e. The molecule has 3 atom stereocenters. The second-order valence-electron chi connectivity index (χ2n) is 9.86. The van der Waals surface area contributed by atoms with Crippen LogP contribution in [0.5, 0.6) is 0 Å². The summed E-state index contributed by atoms with van der Waals surface area (Å²) in [5, 5.41) is 16.6. The van der Waals surface area contributed by atoms with Gasteiger partial charge in [0.15, 0.2) is 0 Å². The summed E-state index contributed by atoms with van der Waals surface area (Å²) < 4.78 is 25.9. The minimum absolute atomic E-state index is 0.00542. The summed E-state index contributed by atoms with van der Waals surface area (Å²) in [6, 6.07) is 7.53. The van der Waals surface area contributed by atoms with Crippen LogP contribution in [0.15, 0.2) is 30.3 Å². The van der Waals surface area contributed by atoms with E-state index in [2.05, 4.69) is 16.6 Å². The van der Waals surface area contributed by atoms with Gasteiger partial charge >= 0.3 is 0 Å². The average molecular weight is 521 g/mol. The van der Waals surface area contributed by atoms with Gasteiger partial charge in [-0.25, -0.2) is 8.42 Å². The SMILES string of the molecule is C#CC[C@H](NC(=O)CN1CCCC1)C(=O)N[C@@H](Cc1ccccc1)[C@H](O)CN(CC(C)C)S(C)(=O)=O. The van der Waals surface area contributed by atoms with Crippen LogP contribution in [-0.2, 0) is 26.0 Å². The van der Waals surface area contributed by atoms with Gasteiger partial charge in [0.2, 0.25) is 21.8 Å². The van der Waals surface area contributed by atoms with Crippen molar-refractivity contribution in [1.82, 2.24) is 19.8 Å². The Morgan fingerprint density at radius 3 is 2.33 bits per heavy atom. The predicted octanol–water partition coefficient (Wildman–Crippen LogP) is 0.596. The first-order valence-electron chi connectivity index (χ1n) is 12.4. The van der Waals surface area contributed by atoms with Crippen molar-refractivity contribution in [2.24, 2.45) is 5.92 Å². The normalized spacial score (nSPS) is 16.9. The summed E-state index contributed by atoms with van der Waals surface area (Å²) in [5.74, 6) is 1.69. The molecule has 0 aliphatic carbocycles. The molecule has 2 amide bonds. The minimum atomic E-state index is -3.57. The lowest BCUT2D eigenvalue weighted by atomic mass is 10.00. The molecule has 1 aliphatic rings. The molecule has 9 nitrogen and oxygen atoms in total. The van der Waals surface area contributed by atoms with Crippen molar-refractivity contribution in [1.29, 1.82) is 0 Å². The van der Waals surface area contributed by atoms with Gasteiger partial charge in [-0.05, 0) is 43.8 Å². The Balaban J connectivity index is 2.16. The number of hydrogen-bond acceptors (Lipinski definition) is 6. The van der Waals surface area contributed by atoms with Crippen LogP contribution in [0.3, 0.4) is 0 Å². The Morgan fingerprint density at radius 1 is 1.14 bits per heavy atom. The van der Waals surface area contributed by atoms with E-state index in [-0.39, 0.29) is 44.3 Å². The summed E-state index contributed by atoms with van der Waals surface area (Å²) in [6.45, 7) is 5.75. The van der Waals surface area contributed by atoms with Gasteiger partial charge < -0.3 is 15.7 Å². The van der Waals surface area contributed by atoms with E-state index in [9.17, 15) is 23.1 Å². The third-order valence-electron chi connectivity index (χ3n) is 6.06. The molecule has 0 saturated carbocycles. The smallest absolute Gasteiger partial charge is 0.243 e. The molecule has 1 heterocycles. The van der Waals surface area contributed by atoms with E-state index < -0.39 is 34.1 Å². The molecule has 0 aromatic heterocycles. The molecule has 200 valence electrons. The third-order valence-corrected chi connectivity index (χ3v) is 7.29. The van der Waals surface area contributed by atoms with Gasteiger partial charge in [-0.15, -0.1) is 12.3 Å². The number of aliphatic hydroxyl groups is 1. The molecule has 10 heteroatoms. The lowest BCUT2D eigenvalue weighted by molar-refractivity contribution is -0.130. The van der Waals surface area contributed by atoms with Crippen molar-refractivity contribution in [3.8, 4) is 12.3 Å². The zero-order chi connectivity index (χ0) is 26.7. The summed E-state index contributed by atoms with van der Waals surface area (Å²) >= 11 is 0. The summed E-state index contributed by atoms with van der Waals surface area (Å²) in [4.78, 5) is 27.8. The quantitative estimate of drug-likeness (QED) is 0.309. The number of terminal acetylenes is 1. The average Bonchev–Trinajstić information content (AvgIpc) is 3.30. The topological polar surface area (TPSA) is 119 Å². The van der Waals surface area contributed by atoms with Crippen LogP contribution in [0.4, 0.5) is 0 Å². The van der Waals surface area contributed by atoms with Crippen molar-refractivity contribution in [3.05, 3.63) is 35.9 Å². The zero-order valence-electron chi connectivity index (χ0n) is 21.5. The minimum Gasteiger partial charge on any atom is -0.390 e. The van der Waals surface area contributed by atoms with Crippen molar-refractivity contribution < 1.29 is 23.1 Å². The Bertz CT molecular complexity index is 987. The molecule has 0 bridgehead atoms. The van der Waals surface area contributed by atoms with E-state index >= 15 is 0 Å². The first-order valence-corrected chi connectivity index (χ1v) is 14.3. The first kappa shape index (κ1) is 29.8. The van der Waals surface area contributed by atoms with E-state index in [0.29, 0.717) is 0 Å². The fraction of sp³-hybridized carbons (Fsp3) is 0.615. The Hall–Kier alpha value is -2.45. The number of benzene rings is 1. The second-order valence-corrected chi connectivity index (χ2v) is 11.8. The van der Waals surface area contributed by atoms with Gasteiger partial charge in [0, 0.05) is 19.5 Å². The van der Waals surface area contributed by atoms with Gasteiger partial charge in [0.05, 0.1) is 24.9 Å². The van der Waals surface area contributed by atoms with Gasteiger partial charge in [-0.2, -0.15) is 4.31 Å². The molecular formula is C26H40N4O5S. The molecule has 1 aliphatic heterocycles. The number of carbonyl (C=O) groups is 2. The van der Waals surface area contributed by atoms with Gasteiger partial charge in [0.25, 0.3) is 0 Å². The highest BCUT2D eigenvalue weighted by Gasteiger charge is 2.30. The van der Waals surface area contributed by atoms with E-state index in [1.165, 1.54) is 4.31 Å². The Labute approximate surface area is 215 Å². The number of nitrogens with zero attached hydrogens (tertiary/aromatic N) is 2. The third kappa shape index (κ3) is 10.3. The highest BCUT2D eigenvalue weighted by molar-refractivity contribution is 7.88. The number of likely N-dealkylation sites (tertiary alicyclic amines) is 1. The largest absolute Gasteiger partial charge is 0.390 e. The molecule has 1 saturated heterocycles.